The second-order valence-electron chi connectivity index (χ2n) is 9.04. The molecule has 38 heavy (non-hydrogen) atoms. The number of nitrogens with one attached hydrogen (secondary N) is 2. The molecule has 0 unspecified atom stereocenters. The zero-order valence-electron chi connectivity index (χ0n) is 21.0. The van der Waals surface area contributed by atoms with E-state index in [9.17, 15) is 23.1 Å². The van der Waals surface area contributed by atoms with E-state index in [1.165, 1.54) is 12.1 Å². The van der Waals surface area contributed by atoms with Gasteiger partial charge in [-0.3, -0.25) is 9.59 Å². The first-order valence-electron chi connectivity index (χ1n) is 12.3. The number of rotatable bonds is 12. The first-order chi connectivity index (χ1) is 18.3. The Balaban J connectivity index is 1.37. The van der Waals surface area contributed by atoms with Crippen molar-refractivity contribution >= 4 is 21.8 Å². The summed E-state index contributed by atoms with van der Waals surface area (Å²) in [6, 6.07) is 22.4. The molecule has 4 rings (SSSR count). The van der Waals surface area contributed by atoms with Crippen molar-refractivity contribution in [3.63, 3.8) is 0 Å². The second kappa shape index (κ2) is 12.2. The number of fused-ring (bicyclic) bond motifs is 1. The highest BCUT2D eigenvalue weighted by Crippen LogP contribution is 2.29. The summed E-state index contributed by atoms with van der Waals surface area (Å²) in [5, 5.41) is 17.0. The van der Waals surface area contributed by atoms with Gasteiger partial charge in [0.05, 0.1) is 24.8 Å². The van der Waals surface area contributed by atoms with E-state index in [0.717, 1.165) is 21.2 Å². The Morgan fingerprint density at radius 1 is 1.00 bits per heavy atom. The van der Waals surface area contributed by atoms with E-state index >= 15 is 0 Å². The second-order valence-corrected chi connectivity index (χ2v) is 10.9. The molecule has 10 heteroatoms. The lowest BCUT2D eigenvalue weighted by molar-refractivity contribution is -0.122. The minimum Gasteiger partial charge on any atom is -0.497 e. The molecule has 0 saturated carbocycles. The fraction of sp³-hybridized carbons (Fsp3) is 0.286. The van der Waals surface area contributed by atoms with Gasteiger partial charge in [-0.15, -0.1) is 0 Å². The first-order valence-corrected chi connectivity index (χ1v) is 13.7. The molecular weight excluding hydrogens is 506 g/mol. The Morgan fingerprint density at radius 2 is 1.71 bits per heavy atom. The molecule has 3 aromatic carbocycles. The molecule has 3 N–H and O–H groups in total. The van der Waals surface area contributed by atoms with Crippen LogP contribution in [-0.4, -0.2) is 62.0 Å². The SMILES string of the molecule is COc1cccc(CNC[C@@H](O)[C@H](Cc2ccccc2)NC(=O)CCN2C(=O)c3ccccc3S2(=O)=O)c1. The standard InChI is InChI=1S/C28H31N3O6S/c1-37-22-11-7-10-21(16-22)18-29-19-25(32)24(17-20-8-3-2-4-9-20)30-27(33)14-15-31-28(34)23-12-5-6-13-26(23)38(31,35)36/h2-13,16,24-25,29,32H,14-15,17-19H2,1H3,(H,30,33)/t24-,25+/m0/s1. The molecule has 0 aliphatic carbocycles. The lowest BCUT2D eigenvalue weighted by Crippen LogP contribution is -2.49. The number of ether oxygens (including phenoxy) is 1. The van der Waals surface area contributed by atoms with Crippen molar-refractivity contribution in [2.45, 2.75) is 36.4 Å². The van der Waals surface area contributed by atoms with Crippen molar-refractivity contribution in [3.8, 4) is 5.75 Å². The van der Waals surface area contributed by atoms with Crippen molar-refractivity contribution < 1.29 is 27.9 Å². The Labute approximate surface area is 222 Å². The molecule has 0 fully saturated rings. The number of methoxy groups -OCH3 is 1. The molecular formula is C28H31N3O6S. The summed E-state index contributed by atoms with van der Waals surface area (Å²) in [6.07, 6.45) is -0.777. The zero-order valence-corrected chi connectivity index (χ0v) is 21.9. The predicted octanol–water partition coefficient (Wildman–Crippen LogP) is 2.11. The van der Waals surface area contributed by atoms with Gasteiger partial charge in [0.25, 0.3) is 15.9 Å². The Bertz CT molecular complexity index is 1380. The van der Waals surface area contributed by atoms with Crippen molar-refractivity contribution in [1.82, 2.24) is 14.9 Å². The smallest absolute Gasteiger partial charge is 0.269 e. The molecule has 0 aromatic heterocycles. The van der Waals surface area contributed by atoms with Gasteiger partial charge in [0.15, 0.2) is 0 Å². The predicted molar refractivity (Wildman–Crippen MR) is 142 cm³/mol. The number of amides is 2. The van der Waals surface area contributed by atoms with Crippen LogP contribution in [0.4, 0.5) is 0 Å². The molecule has 1 heterocycles. The van der Waals surface area contributed by atoms with Gasteiger partial charge in [-0.25, -0.2) is 12.7 Å². The summed E-state index contributed by atoms with van der Waals surface area (Å²) in [5.41, 5.74) is 2.02. The van der Waals surface area contributed by atoms with E-state index in [1.807, 2.05) is 54.6 Å². The normalized spacial score (nSPS) is 15.5. The van der Waals surface area contributed by atoms with Crippen LogP contribution in [-0.2, 0) is 27.8 Å². The highest BCUT2D eigenvalue weighted by Gasteiger charge is 2.40. The molecule has 0 radical (unpaired) electrons. The number of aliphatic hydroxyl groups excluding tert-OH is 1. The Kier molecular flexibility index (Phi) is 8.77. The number of hydrogen-bond acceptors (Lipinski definition) is 7. The van der Waals surface area contributed by atoms with E-state index in [2.05, 4.69) is 10.6 Å². The molecule has 2 amide bonds. The largest absolute Gasteiger partial charge is 0.497 e. The molecule has 2 atom stereocenters. The monoisotopic (exact) mass is 537 g/mol. The van der Waals surface area contributed by atoms with Crippen molar-refractivity contribution in [1.29, 1.82) is 0 Å². The van der Waals surface area contributed by atoms with E-state index in [1.54, 1.807) is 19.2 Å². The van der Waals surface area contributed by atoms with E-state index < -0.39 is 34.0 Å². The van der Waals surface area contributed by atoms with E-state index in [4.69, 9.17) is 4.74 Å². The molecule has 3 aromatic rings. The summed E-state index contributed by atoms with van der Waals surface area (Å²) < 4.78 is 31.5. The highest BCUT2D eigenvalue weighted by atomic mass is 32.2. The molecule has 0 saturated heterocycles. The summed E-state index contributed by atoms with van der Waals surface area (Å²) in [7, 11) is -2.39. The maximum Gasteiger partial charge on any atom is 0.269 e. The van der Waals surface area contributed by atoms with Crippen LogP contribution < -0.4 is 15.4 Å². The van der Waals surface area contributed by atoms with Crippen LogP contribution in [0.25, 0.3) is 0 Å². The quantitative estimate of drug-likeness (QED) is 0.323. The van der Waals surface area contributed by atoms with Crippen molar-refractivity contribution in [2.75, 3.05) is 20.2 Å². The molecule has 200 valence electrons. The Morgan fingerprint density at radius 3 is 2.45 bits per heavy atom. The number of carbonyl (C=O) groups excluding carboxylic acids is 2. The number of sulfonamides is 1. The maximum atomic E-state index is 12.9. The third kappa shape index (κ3) is 6.39. The average molecular weight is 538 g/mol. The number of benzene rings is 3. The summed E-state index contributed by atoms with van der Waals surface area (Å²) in [6.45, 7) is 0.420. The van der Waals surface area contributed by atoms with Crippen LogP contribution in [0.3, 0.4) is 0 Å². The minimum absolute atomic E-state index is 0.0510. The summed E-state index contributed by atoms with van der Waals surface area (Å²) in [5.74, 6) is -0.367. The summed E-state index contributed by atoms with van der Waals surface area (Å²) >= 11 is 0. The number of hydrogen-bond donors (Lipinski definition) is 3. The minimum atomic E-state index is -3.99. The van der Waals surface area contributed by atoms with Gasteiger partial charge in [-0.1, -0.05) is 54.6 Å². The van der Waals surface area contributed by atoms with Crippen molar-refractivity contribution in [2.24, 2.45) is 0 Å². The third-order valence-corrected chi connectivity index (χ3v) is 8.22. The van der Waals surface area contributed by atoms with Gasteiger partial charge in [-0.2, -0.15) is 0 Å². The molecule has 0 bridgehead atoms. The van der Waals surface area contributed by atoms with Crippen LogP contribution in [0.15, 0.2) is 83.8 Å². The molecule has 1 aliphatic rings. The van der Waals surface area contributed by atoms with Gasteiger partial charge >= 0.3 is 0 Å². The number of nitrogens with zero attached hydrogens (tertiary/aromatic N) is 1. The fourth-order valence-electron chi connectivity index (χ4n) is 4.37. The highest BCUT2D eigenvalue weighted by molar-refractivity contribution is 7.90. The fourth-order valence-corrected chi connectivity index (χ4v) is 5.94. The lowest BCUT2D eigenvalue weighted by atomic mass is 10.0. The van der Waals surface area contributed by atoms with Gasteiger partial charge in [0, 0.05) is 26.1 Å². The Hall–Kier alpha value is -3.73. The number of carbonyl (C=O) groups is 2. The zero-order chi connectivity index (χ0) is 27.1. The van der Waals surface area contributed by atoms with Gasteiger partial charge in [0.2, 0.25) is 5.91 Å². The van der Waals surface area contributed by atoms with Gasteiger partial charge in [0.1, 0.15) is 10.6 Å². The van der Waals surface area contributed by atoms with Crippen LogP contribution in [0.1, 0.15) is 27.9 Å². The van der Waals surface area contributed by atoms with Crippen LogP contribution >= 0.6 is 0 Å². The molecule has 9 nitrogen and oxygen atoms in total. The van der Waals surface area contributed by atoms with E-state index in [-0.39, 0.29) is 30.0 Å². The summed E-state index contributed by atoms with van der Waals surface area (Å²) in [4.78, 5) is 25.5. The molecule has 1 aliphatic heterocycles. The van der Waals surface area contributed by atoms with E-state index in [0.29, 0.717) is 13.0 Å². The topological polar surface area (TPSA) is 125 Å². The molecule has 0 spiro atoms. The van der Waals surface area contributed by atoms with Gasteiger partial charge in [-0.05, 0) is 41.8 Å². The van der Waals surface area contributed by atoms with Crippen LogP contribution in [0.2, 0.25) is 0 Å². The third-order valence-electron chi connectivity index (χ3n) is 6.38. The lowest BCUT2D eigenvalue weighted by Gasteiger charge is -2.25. The number of aliphatic hydroxyl groups is 1. The van der Waals surface area contributed by atoms with Gasteiger partial charge < -0.3 is 20.5 Å². The first kappa shape index (κ1) is 27.3. The van der Waals surface area contributed by atoms with Crippen LogP contribution in [0, 0.1) is 0 Å². The maximum absolute atomic E-state index is 12.9. The average Bonchev–Trinajstić information content (AvgIpc) is 3.12. The van der Waals surface area contributed by atoms with Crippen LogP contribution in [0.5, 0.6) is 5.75 Å². The van der Waals surface area contributed by atoms with Crippen molar-refractivity contribution in [3.05, 3.63) is 95.6 Å².